The average molecular weight is 523 g/mol. The Morgan fingerprint density at radius 2 is 1.71 bits per heavy atom. The van der Waals surface area contributed by atoms with Gasteiger partial charge in [0, 0.05) is 23.4 Å². The van der Waals surface area contributed by atoms with Crippen LogP contribution in [0, 0.1) is 10.1 Å². The van der Waals surface area contributed by atoms with Crippen molar-refractivity contribution in [1.82, 2.24) is 0 Å². The van der Waals surface area contributed by atoms with Gasteiger partial charge in [0.25, 0.3) is 0 Å². The minimum absolute atomic E-state index is 0.0952. The molecule has 0 radical (unpaired) electrons. The summed E-state index contributed by atoms with van der Waals surface area (Å²) in [5.74, 6) is 0.474. The molecule has 3 aromatic carbocycles. The highest BCUT2D eigenvalue weighted by atomic mass is 16.6. The van der Waals surface area contributed by atoms with Gasteiger partial charge in [-0.2, -0.15) is 0 Å². The molecule has 3 aromatic rings. The highest BCUT2D eigenvalue weighted by Crippen LogP contribution is 2.38. The number of nitrogens with two attached hydrogens (primary N) is 1. The van der Waals surface area contributed by atoms with E-state index in [0.717, 1.165) is 32.1 Å². The van der Waals surface area contributed by atoms with Crippen LogP contribution in [0.5, 0.6) is 17.2 Å². The van der Waals surface area contributed by atoms with Crippen molar-refractivity contribution in [1.29, 1.82) is 0 Å². The second-order valence-corrected chi connectivity index (χ2v) is 8.95. The van der Waals surface area contributed by atoms with Crippen LogP contribution in [-0.4, -0.2) is 35.3 Å². The van der Waals surface area contributed by atoms with Crippen molar-refractivity contribution in [3.63, 3.8) is 0 Å². The first-order chi connectivity index (χ1) is 18.3. The number of ether oxygens (including phenoxy) is 3. The molecular formula is C29H34N2O7. The monoisotopic (exact) mass is 522 g/mol. The van der Waals surface area contributed by atoms with Gasteiger partial charge in [0.2, 0.25) is 0 Å². The molecule has 0 amide bonds. The summed E-state index contributed by atoms with van der Waals surface area (Å²) >= 11 is 0. The van der Waals surface area contributed by atoms with E-state index >= 15 is 0 Å². The summed E-state index contributed by atoms with van der Waals surface area (Å²) < 4.78 is 16.6. The van der Waals surface area contributed by atoms with E-state index in [2.05, 4.69) is 6.92 Å². The van der Waals surface area contributed by atoms with Crippen molar-refractivity contribution in [2.75, 3.05) is 18.9 Å². The summed E-state index contributed by atoms with van der Waals surface area (Å²) in [6, 6.07) is 15.8. The fraction of sp³-hybridized carbons (Fsp3) is 0.345. The maximum absolute atomic E-state index is 12.6. The number of hydrogen-bond acceptors (Lipinski definition) is 8. The van der Waals surface area contributed by atoms with Crippen LogP contribution in [0.15, 0.2) is 60.7 Å². The molecule has 202 valence electrons. The first kappa shape index (κ1) is 28.5. The van der Waals surface area contributed by atoms with Crippen LogP contribution in [0.25, 0.3) is 11.1 Å². The predicted molar refractivity (Wildman–Crippen MR) is 146 cm³/mol. The molecule has 0 spiro atoms. The number of nitro benzene ring substituents is 1. The summed E-state index contributed by atoms with van der Waals surface area (Å²) in [6.45, 7) is 4.12. The number of benzene rings is 3. The Bertz CT molecular complexity index is 1210. The number of esters is 1. The van der Waals surface area contributed by atoms with Crippen LogP contribution >= 0.6 is 0 Å². The van der Waals surface area contributed by atoms with Crippen molar-refractivity contribution in [2.45, 2.75) is 52.1 Å². The minimum Gasteiger partial charge on any atom is -0.491 e. The fourth-order valence-corrected chi connectivity index (χ4v) is 3.92. The van der Waals surface area contributed by atoms with Crippen LogP contribution in [0.4, 0.5) is 11.4 Å². The Morgan fingerprint density at radius 1 is 1.03 bits per heavy atom. The normalized spacial score (nSPS) is 11.6. The van der Waals surface area contributed by atoms with Gasteiger partial charge in [0.15, 0.2) is 5.75 Å². The second kappa shape index (κ2) is 14.0. The summed E-state index contributed by atoms with van der Waals surface area (Å²) in [4.78, 5) is 23.9. The first-order valence-electron chi connectivity index (χ1n) is 12.7. The standard InChI is InChI=1S/C29H34N2O7/c1-3-4-5-6-7-20(2)37-28-19-26(30)25(18-27(28)31(34)35)21-8-10-22(11-9-21)29(33)38-24-14-12-23(13-15-24)36-17-16-32/h8-15,18-20,32H,3-7,16-17,30H2,1-2H3/t20-/m0/s1. The van der Waals surface area contributed by atoms with Crippen LogP contribution in [0.1, 0.15) is 56.3 Å². The maximum Gasteiger partial charge on any atom is 0.343 e. The third kappa shape index (κ3) is 7.94. The molecule has 0 aliphatic heterocycles. The average Bonchev–Trinajstić information content (AvgIpc) is 2.91. The van der Waals surface area contributed by atoms with Crippen molar-refractivity contribution in [3.8, 4) is 28.4 Å². The zero-order valence-corrected chi connectivity index (χ0v) is 21.7. The molecule has 3 N–H and O–H groups in total. The number of nitrogen functional groups attached to an aromatic ring is 1. The first-order valence-corrected chi connectivity index (χ1v) is 12.7. The molecule has 9 heteroatoms. The van der Waals surface area contributed by atoms with Gasteiger partial charge < -0.3 is 25.1 Å². The Labute approximate surface area is 222 Å². The lowest BCUT2D eigenvalue weighted by molar-refractivity contribution is -0.386. The number of carbonyl (C=O) groups excluding carboxylic acids is 1. The summed E-state index contributed by atoms with van der Waals surface area (Å²) in [5.41, 5.74) is 7.83. The number of nitro groups is 1. The van der Waals surface area contributed by atoms with E-state index in [-0.39, 0.29) is 30.8 Å². The van der Waals surface area contributed by atoms with Gasteiger partial charge in [0.05, 0.1) is 23.2 Å². The number of hydrogen-bond donors (Lipinski definition) is 2. The Hall–Kier alpha value is -4.11. The molecule has 0 aliphatic rings. The maximum atomic E-state index is 12.6. The minimum atomic E-state index is -0.559. The van der Waals surface area contributed by atoms with Crippen molar-refractivity contribution < 1.29 is 29.0 Å². The number of aliphatic hydroxyl groups is 1. The molecule has 9 nitrogen and oxygen atoms in total. The molecule has 0 bridgehead atoms. The molecule has 0 saturated carbocycles. The lowest BCUT2D eigenvalue weighted by atomic mass is 10.0. The number of unbranched alkanes of at least 4 members (excludes halogenated alkanes) is 3. The van der Waals surface area contributed by atoms with E-state index in [1.54, 1.807) is 48.5 Å². The molecule has 0 heterocycles. The molecule has 3 rings (SSSR count). The van der Waals surface area contributed by atoms with E-state index < -0.39 is 10.9 Å². The highest BCUT2D eigenvalue weighted by Gasteiger charge is 2.21. The van der Waals surface area contributed by atoms with Gasteiger partial charge >= 0.3 is 11.7 Å². The number of aliphatic hydroxyl groups excluding tert-OH is 1. The number of anilines is 1. The van der Waals surface area contributed by atoms with E-state index in [0.29, 0.717) is 33.9 Å². The van der Waals surface area contributed by atoms with Gasteiger partial charge in [-0.15, -0.1) is 0 Å². The summed E-state index contributed by atoms with van der Waals surface area (Å²) in [7, 11) is 0. The van der Waals surface area contributed by atoms with Crippen LogP contribution < -0.4 is 19.9 Å². The number of carbonyl (C=O) groups is 1. The molecule has 0 fully saturated rings. The van der Waals surface area contributed by atoms with E-state index in [1.807, 2.05) is 6.92 Å². The lowest BCUT2D eigenvalue weighted by Gasteiger charge is -2.16. The van der Waals surface area contributed by atoms with E-state index in [9.17, 15) is 14.9 Å². The summed E-state index contributed by atoms with van der Waals surface area (Å²) in [6.07, 6.45) is 5.01. The Kier molecular flexibility index (Phi) is 10.5. The fourth-order valence-electron chi connectivity index (χ4n) is 3.92. The van der Waals surface area contributed by atoms with Crippen LogP contribution in [0.3, 0.4) is 0 Å². The highest BCUT2D eigenvalue weighted by molar-refractivity contribution is 5.92. The van der Waals surface area contributed by atoms with E-state index in [1.165, 1.54) is 12.1 Å². The molecule has 0 unspecified atom stereocenters. The Morgan fingerprint density at radius 3 is 2.34 bits per heavy atom. The zero-order valence-electron chi connectivity index (χ0n) is 21.7. The molecule has 0 aromatic heterocycles. The van der Waals surface area contributed by atoms with Crippen molar-refractivity contribution >= 4 is 17.3 Å². The van der Waals surface area contributed by atoms with Gasteiger partial charge in [-0.25, -0.2) is 4.79 Å². The third-order valence-electron chi connectivity index (χ3n) is 5.95. The molecule has 1 atom stereocenters. The van der Waals surface area contributed by atoms with Crippen LogP contribution in [-0.2, 0) is 0 Å². The molecular weight excluding hydrogens is 488 g/mol. The number of nitrogens with zero attached hydrogens (tertiary/aromatic N) is 1. The molecule has 38 heavy (non-hydrogen) atoms. The van der Waals surface area contributed by atoms with E-state index in [4.69, 9.17) is 25.1 Å². The van der Waals surface area contributed by atoms with Gasteiger partial charge in [-0.3, -0.25) is 10.1 Å². The van der Waals surface area contributed by atoms with Gasteiger partial charge in [-0.1, -0.05) is 38.3 Å². The van der Waals surface area contributed by atoms with Gasteiger partial charge in [-0.05, 0) is 61.7 Å². The third-order valence-corrected chi connectivity index (χ3v) is 5.95. The topological polar surface area (TPSA) is 134 Å². The Balaban J connectivity index is 1.71. The molecule has 0 saturated heterocycles. The number of rotatable bonds is 14. The second-order valence-electron chi connectivity index (χ2n) is 8.95. The quantitative estimate of drug-likeness (QED) is 0.0641. The lowest BCUT2D eigenvalue weighted by Crippen LogP contribution is -2.13. The van der Waals surface area contributed by atoms with Crippen LogP contribution in [0.2, 0.25) is 0 Å². The van der Waals surface area contributed by atoms with Crippen molar-refractivity contribution in [3.05, 3.63) is 76.3 Å². The molecule has 0 aliphatic carbocycles. The zero-order chi connectivity index (χ0) is 27.5. The largest absolute Gasteiger partial charge is 0.491 e. The SMILES string of the molecule is CCCCCC[C@H](C)Oc1cc(N)c(-c2ccc(C(=O)Oc3ccc(OCCO)cc3)cc2)cc1[N+](=O)[O-]. The smallest absolute Gasteiger partial charge is 0.343 e. The van der Waals surface area contributed by atoms with Crippen molar-refractivity contribution in [2.24, 2.45) is 0 Å². The predicted octanol–water partition coefficient (Wildman–Crippen LogP) is 6.17. The summed E-state index contributed by atoms with van der Waals surface area (Å²) in [5, 5.41) is 20.6. The van der Waals surface area contributed by atoms with Gasteiger partial charge in [0.1, 0.15) is 18.1 Å².